The Bertz CT molecular complexity index is 126. The predicted molar refractivity (Wildman–Crippen MR) is 50.5 cm³/mol. The first kappa shape index (κ1) is 15.8. The van der Waals surface area contributed by atoms with E-state index in [0.717, 1.165) is 6.42 Å². The van der Waals surface area contributed by atoms with Crippen molar-refractivity contribution in [2.75, 3.05) is 27.9 Å². The van der Waals surface area contributed by atoms with E-state index < -0.39 is 15.6 Å². The van der Waals surface area contributed by atoms with Crippen molar-refractivity contribution >= 4 is 15.6 Å². The summed E-state index contributed by atoms with van der Waals surface area (Å²) in [5.74, 6) is 0. The molecule has 0 aliphatic rings. The lowest BCUT2D eigenvalue weighted by atomic mass is 10.5. The van der Waals surface area contributed by atoms with E-state index in [4.69, 9.17) is 13.3 Å². The number of carbonyl (C=O) groups is 1. The molecule has 0 rings (SSSR count). The molecule has 0 saturated carbocycles. The van der Waals surface area contributed by atoms with E-state index in [0.29, 0.717) is 6.54 Å². The molecule has 84 valence electrons. The second-order valence-electron chi connectivity index (χ2n) is 2.08. The van der Waals surface area contributed by atoms with Crippen molar-refractivity contribution in [1.29, 1.82) is 0 Å². The van der Waals surface area contributed by atoms with Gasteiger partial charge in [0.15, 0.2) is 0 Å². The molecule has 0 atom stereocenters. The van der Waals surface area contributed by atoms with Crippen LogP contribution in [0.1, 0.15) is 13.3 Å². The lowest BCUT2D eigenvalue weighted by Crippen LogP contribution is -2.36. The molecule has 0 aromatic rings. The standard InChI is InChI=1S/C4H9NO2.C3H9O3Si/c1-2-3-5-4(6)7;1-4-7(5-2)6-3/h5H,2-3H2,1H3,(H,6,7);1-3H3/q;+1/p-1. The van der Waals surface area contributed by atoms with Crippen LogP contribution in [0, 0.1) is 0 Å². The third-order valence-electron chi connectivity index (χ3n) is 1.02. The van der Waals surface area contributed by atoms with Gasteiger partial charge in [-0.1, -0.05) is 6.92 Å². The van der Waals surface area contributed by atoms with Gasteiger partial charge in [0.05, 0.1) is 21.3 Å². The normalized spacial score (nSPS) is 8.57. The average Bonchev–Trinajstić information content (AvgIpc) is 2.18. The molecule has 0 heterocycles. The zero-order chi connectivity index (χ0) is 11.4. The van der Waals surface area contributed by atoms with Gasteiger partial charge in [-0.3, -0.25) is 0 Å². The summed E-state index contributed by atoms with van der Waals surface area (Å²) >= 11 is 0. The van der Waals surface area contributed by atoms with Crippen LogP contribution in [0.4, 0.5) is 4.79 Å². The quantitative estimate of drug-likeness (QED) is 0.620. The van der Waals surface area contributed by atoms with E-state index in [1.807, 2.05) is 6.92 Å². The number of amides is 1. The Balaban J connectivity index is 0. The van der Waals surface area contributed by atoms with Gasteiger partial charge >= 0.3 is 9.53 Å². The molecule has 0 aliphatic carbocycles. The third kappa shape index (κ3) is 13.9. The van der Waals surface area contributed by atoms with Crippen LogP contribution in [0.3, 0.4) is 0 Å². The van der Waals surface area contributed by atoms with Crippen LogP contribution in [0.2, 0.25) is 0 Å². The highest BCUT2D eigenvalue weighted by Gasteiger charge is 2.30. The van der Waals surface area contributed by atoms with E-state index in [1.54, 1.807) is 21.3 Å². The molecule has 0 bridgehead atoms. The molecule has 0 saturated heterocycles. The Kier molecular flexibility index (Phi) is 14.0. The third-order valence-corrected chi connectivity index (χ3v) is 2.02. The average molecular weight is 223 g/mol. The van der Waals surface area contributed by atoms with E-state index in [-0.39, 0.29) is 0 Å². The van der Waals surface area contributed by atoms with Gasteiger partial charge in [0, 0.05) is 6.54 Å². The lowest BCUT2D eigenvalue weighted by molar-refractivity contribution is -0.250. The Morgan fingerprint density at radius 1 is 1.29 bits per heavy atom. The van der Waals surface area contributed by atoms with Gasteiger partial charge in [0.25, 0.3) is 0 Å². The fourth-order valence-electron chi connectivity index (χ4n) is 0.477. The summed E-state index contributed by atoms with van der Waals surface area (Å²) < 4.78 is 14.1. The minimum atomic E-state index is -1.36. The van der Waals surface area contributed by atoms with E-state index in [1.165, 1.54) is 0 Å². The minimum absolute atomic E-state index is 0.488. The van der Waals surface area contributed by atoms with Crippen LogP contribution in [0.15, 0.2) is 0 Å². The van der Waals surface area contributed by atoms with Gasteiger partial charge in [-0.15, -0.1) is 0 Å². The first-order valence-corrected chi connectivity index (χ1v) is 5.28. The molecule has 6 nitrogen and oxygen atoms in total. The summed E-state index contributed by atoms with van der Waals surface area (Å²) in [4.78, 5) is 9.54. The van der Waals surface area contributed by atoms with Gasteiger partial charge in [0.2, 0.25) is 0 Å². The van der Waals surface area contributed by atoms with Gasteiger partial charge in [-0.25, -0.2) is 0 Å². The molecule has 1 N–H and O–H groups in total. The number of hydrogen-bond donors (Lipinski definition) is 1. The van der Waals surface area contributed by atoms with Crippen molar-refractivity contribution in [2.24, 2.45) is 0 Å². The molecule has 0 aromatic carbocycles. The number of carbonyl (C=O) groups excluding carboxylic acids is 1. The molecule has 7 heteroatoms. The second kappa shape index (κ2) is 12.4. The summed E-state index contributed by atoms with van der Waals surface area (Å²) in [5, 5.41) is 11.6. The van der Waals surface area contributed by atoms with Crippen LogP contribution in [0.25, 0.3) is 0 Å². The maximum Gasteiger partial charge on any atom is 0.831 e. The topological polar surface area (TPSA) is 79.9 Å². The number of nitrogens with one attached hydrogen (secondary N) is 1. The van der Waals surface area contributed by atoms with Crippen molar-refractivity contribution in [1.82, 2.24) is 5.32 Å². The highest BCUT2D eigenvalue weighted by Crippen LogP contribution is 1.81. The zero-order valence-corrected chi connectivity index (χ0v) is 9.96. The highest BCUT2D eigenvalue weighted by atomic mass is 28.3. The summed E-state index contributed by atoms with van der Waals surface area (Å²) in [5.41, 5.74) is 0. The van der Waals surface area contributed by atoms with Gasteiger partial charge in [0.1, 0.15) is 6.09 Å². The molecule has 0 aliphatic heterocycles. The lowest BCUT2D eigenvalue weighted by Gasteiger charge is -2.01. The Labute approximate surface area is 86.1 Å². The van der Waals surface area contributed by atoms with Gasteiger partial charge in [-0.05, 0) is 6.42 Å². The van der Waals surface area contributed by atoms with Crippen LogP contribution < -0.4 is 10.4 Å². The molecule has 0 fully saturated rings. The molecule has 14 heavy (non-hydrogen) atoms. The summed E-state index contributed by atoms with van der Waals surface area (Å²) in [6, 6.07) is 0. The van der Waals surface area contributed by atoms with E-state index in [9.17, 15) is 9.90 Å². The highest BCUT2D eigenvalue weighted by molar-refractivity contribution is 6.36. The maximum absolute atomic E-state index is 9.54. The van der Waals surface area contributed by atoms with Crippen molar-refractivity contribution < 1.29 is 23.2 Å². The summed E-state index contributed by atoms with van der Waals surface area (Å²) in [6.07, 6.45) is -0.379. The fraction of sp³-hybridized carbons (Fsp3) is 0.857. The smallest absolute Gasteiger partial charge is 0.530 e. The molecule has 0 aromatic heterocycles. The van der Waals surface area contributed by atoms with Crippen molar-refractivity contribution in [3.8, 4) is 0 Å². The SMILES string of the molecule is CCCNC(=O)[O-].CO[Si+](OC)OC. The molecule has 0 spiro atoms. The van der Waals surface area contributed by atoms with Gasteiger partial charge in [-0.2, -0.15) is 13.3 Å². The molecular weight excluding hydrogens is 206 g/mol. The monoisotopic (exact) mass is 223 g/mol. The Hall–Kier alpha value is -0.633. The molecule has 0 radical (unpaired) electrons. The number of hydrogen-bond acceptors (Lipinski definition) is 5. The first-order chi connectivity index (χ1) is 6.62. The zero-order valence-electron chi connectivity index (χ0n) is 8.96. The fourth-order valence-corrected chi connectivity index (χ4v) is 0.977. The largest absolute Gasteiger partial charge is 0.831 e. The summed E-state index contributed by atoms with van der Waals surface area (Å²) in [6.45, 7) is 2.37. The van der Waals surface area contributed by atoms with Gasteiger partial charge < -0.3 is 15.2 Å². The predicted octanol–water partition coefficient (Wildman–Crippen LogP) is -0.760. The van der Waals surface area contributed by atoms with Crippen LogP contribution in [0.5, 0.6) is 0 Å². The molecule has 1 amide bonds. The first-order valence-electron chi connectivity index (χ1n) is 4.06. The number of rotatable bonds is 5. The molecular formula is C7H17NO5Si. The Morgan fingerprint density at radius 2 is 1.71 bits per heavy atom. The van der Waals surface area contributed by atoms with Crippen LogP contribution in [-0.4, -0.2) is 43.5 Å². The maximum atomic E-state index is 9.54. The number of carboxylic acid groups (broad SMARTS) is 1. The van der Waals surface area contributed by atoms with E-state index in [2.05, 4.69) is 5.32 Å². The second-order valence-corrected chi connectivity index (χ2v) is 3.80. The van der Waals surface area contributed by atoms with Crippen LogP contribution >= 0.6 is 0 Å². The van der Waals surface area contributed by atoms with Crippen molar-refractivity contribution in [3.63, 3.8) is 0 Å². The minimum Gasteiger partial charge on any atom is -0.530 e. The summed E-state index contributed by atoms with van der Waals surface area (Å²) in [7, 11) is 3.31. The van der Waals surface area contributed by atoms with E-state index >= 15 is 0 Å². The molecule has 0 unspecified atom stereocenters. The van der Waals surface area contributed by atoms with Crippen LogP contribution in [-0.2, 0) is 13.3 Å². The van der Waals surface area contributed by atoms with Crippen molar-refractivity contribution in [3.05, 3.63) is 0 Å². The Morgan fingerprint density at radius 3 is 1.79 bits per heavy atom. The van der Waals surface area contributed by atoms with Crippen molar-refractivity contribution in [2.45, 2.75) is 13.3 Å².